The van der Waals surface area contributed by atoms with E-state index in [-0.39, 0.29) is 5.69 Å². The van der Waals surface area contributed by atoms with Gasteiger partial charge in [-0.25, -0.2) is 4.79 Å². The van der Waals surface area contributed by atoms with Crippen molar-refractivity contribution in [2.24, 2.45) is 0 Å². The summed E-state index contributed by atoms with van der Waals surface area (Å²) in [5.41, 5.74) is 0.590. The molecule has 0 aliphatic rings. The summed E-state index contributed by atoms with van der Waals surface area (Å²) in [5, 5.41) is 0.647. The van der Waals surface area contributed by atoms with E-state index in [2.05, 4.69) is 20.9 Å². The molecular weight excluding hydrogens is 267 g/mol. The van der Waals surface area contributed by atoms with E-state index in [0.29, 0.717) is 9.63 Å². The van der Waals surface area contributed by atoms with Gasteiger partial charge in [-0.15, -0.1) is 0 Å². The first kappa shape index (κ1) is 9.55. The molecule has 0 unspecified atom stereocenters. The molecule has 72 valence electrons. The summed E-state index contributed by atoms with van der Waals surface area (Å²) in [5.74, 6) is 0. The lowest BCUT2D eigenvalue weighted by Gasteiger charge is -2.01. The molecule has 1 aromatic carbocycles. The second-order valence-corrected chi connectivity index (χ2v) is 3.98. The smallest absolute Gasteiger partial charge is 0.311 e. The highest BCUT2D eigenvalue weighted by Crippen LogP contribution is 2.16. The highest BCUT2D eigenvalue weighted by atomic mass is 79.9. The predicted molar refractivity (Wildman–Crippen MR) is 59.1 cm³/mol. The Morgan fingerprint density at radius 2 is 1.93 bits per heavy atom. The number of rotatable bonds is 1. The fourth-order valence-electron chi connectivity index (χ4n) is 1.18. The van der Waals surface area contributed by atoms with Gasteiger partial charge in [0, 0.05) is 11.2 Å². The van der Waals surface area contributed by atoms with Crippen LogP contribution in [0.5, 0.6) is 0 Å². The molecule has 0 spiro atoms. The fraction of sp³-hybridized carbons (Fsp3) is 0. The molecular formula is C9H6BrClN2O. The maximum absolute atomic E-state index is 11.4. The van der Waals surface area contributed by atoms with Crippen LogP contribution in [0, 0.1) is 0 Å². The molecule has 1 aromatic heterocycles. The van der Waals surface area contributed by atoms with E-state index in [1.807, 2.05) is 0 Å². The Kier molecular flexibility index (Phi) is 2.48. The molecule has 3 nitrogen and oxygen atoms in total. The first-order valence-corrected chi connectivity index (χ1v) is 5.07. The standard InChI is InChI=1S/C9H6BrClN2O/c10-8-5-12-9(14)13(8)7-3-1-6(11)2-4-7/h1-5H,(H,12,14). The molecule has 0 atom stereocenters. The Bertz CT molecular complexity index is 500. The van der Waals surface area contributed by atoms with E-state index in [0.717, 1.165) is 5.69 Å². The van der Waals surface area contributed by atoms with Crippen LogP contribution in [0.1, 0.15) is 0 Å². The second kappa shape index (κ2) is 3.63. The largest absolute Gasteiger partial charge is 0.331 e. The Balaban J connectivity index is 2.60. The third-order valence-electron chi connectivity index (χ3n) is 1.82. The normalized spacial score (nSPS) is 10.4. The summed E-state index contributed by atoms with van der Waals surface area (Å²) in [7, 11) is 0. The summed E-state index contributed by atoms with van der Waals surface area (Å²) in [6.07, 6.45) is 1.59. The lowest BCUT2D eigenvalue weighted by atomic mass is 10.3. The average molecular weight is 274 g/mol. The highest BCUT2D eigenvalue weighted by Gasteiger charge is 2.04. The molecule has 2 rings (SSSR count). The number of imidazole rings is 1. The number of aromatic amines is 1. The van der Waals surface area contributed by atoms with Crippen LogP contribution in [0.15, 0.2) is 39.9 Å². The number of aromatic nitrogens is 2. The third-order valence-corrected chi connectivity index (χ3v) is 2.65. The number of hydrogen-bond acceptors (Lipinski definition) is 1. The van der Waals surface area contributed by atoms with Gasteiger partial charge in [0.25, 0.3) is 0 Å². The van der Waals surface area contributed by atoms with Crippen molar-refractivity contribution in [3.05, 3.63) is 50.6 Å². The van der Waals surface area contributed by atoms with Crippen LogP contribution >= 0.6 is 27.5 Å². The molecule has 14 heavy (non-hydrogen) atoms. The van der Waals surface area contributed by atoms with Crippen LogP contribution in [0.4, 0.5) is 0 Å². The van der Waals surface area contributed by atoms with E-state index in [9.17, 15) is 4.79 Å². The van der Waals surface area contributed by atoms with Gasteiger partial charge in [0.1, 0.15) is 4.60 Å². The quantitative estimate of drug-likeness (QED) is 0.852. The number of benzene rings is 1. The molecule has 0 aliphatic heterocycles. The lowest BCUT2D eigenvalue weighted by Crippen LogP contribution is -2.14. The molecule has 0 aliphatic carbocycles. The molecule has 0 saturated heterocycles. The van der Waals surface area contributed by atoms with Crippen molar-refractivity contribution >= 4 is 27.5 Å². The number of nitrogens with zero attached hydrogens (tertiary/aromatic N) is 1. The van der Waals surface area contributed by atoms with Crippen LogP contribution in [-0.4, -0.2) is 9.55 Å². The van der Waals surface area contributed by atoms with Gasteiger partial charge < -0.3 is 4.98 Å². The van der Waals surface area contributed by atoms with Crippen molar-refractivity contribution in [1.29, 1.82) is 0 Å². The summed E-state index contributed by atoms with van der Waals surface area (Å²) >= 11 is 9.02. The van der Waals surface area contributed by atoms with Gasteiger partial charge in [-0.1, -0.05) is 11.6 Å². The third kappa shape index (κ3) is 1.63. The van der Waals surface area contributed by atoms with Gasteiger partial charge in [-0.3, -0.25) is 4.57 Å². The van der Waals surface area contributed by atoms with Crippen molar-refractivity contribution in [3.63, 3.8) is 0 Å². The van der Waals surface area contributed by atoms with Crippen LogP contribution < -0.4 is 5.69 Å². The molecule has 5 heteroatoms. The van der Waals surface area contributed by atoms with Gasteiger partial charge in [0.2, 0.25) is 0 Å². The maximum Gasteiger partial charge on any atom is 0.331 e. The minimum Gasteiger partial charge on any atom is -0.311 e. The fourth-order valence-corrected chi connectivity index (χ4v) is 1.78. The minimum absolute atomic E-state index is 0.181. The first-order chi connectivity index (χ1) is 6.68. The van der Waals surface area contributed by atoms with Crippen molar-refractivity contribution in [2.75, 3.05) is 0 Å². The Labute approximate surface area is 93.5 Å². The zero-order valence-electron chi connectivity index (χ0n) is 7.00. The minimum atomic E-state index is -0.181. The first-order valence-electron chi connectivity index (χ1n) is 3.90. The van der Waals surface area contributed by atoms with Gasteiger partial charge >= 0.3 is 5.69 Å². The SMILES string of the molecule is O=c1[nH]cc(Br)n1-c1ccc(Cl)cc1. The maximum atomic E-state index is 11.4. The van der Waals surface area contributed by atoms with Crippen molar-refractivity contribution in [1.82, 2.24) is 9.55 Å². The highest BCUT2D eigenvalue weighted by molar-refractivity contribution is 9.10. The van der Waals surface area contributed by atoms with Crippen LogP contribution in [0.25, 0.3) is 5.69 Å². The van der Waals surface area contributed by atoms with Crippen molar-refractivity contribution in [2.45, 2.75) is 0 Å². The molecule has 1 N–H and O–H groups in total. The lowest BCUT2D eigenvalue weighted by molar-refractivity contribution is 0.968. The molecule has 1 heterocycles. The number of halogens is 2. The number of nitrogens with one attached hydrogen (secondary N) is 1. The predicted octanol–water partition coefficient (Wildman–Crippen LogP) is 2.58. The zero-order valence-corrected chi connectivity index (χ0v) is 9.34. The van der Waals surface area contributed by atoms with Crippen LogP contribution in [-0.2, 0) is 0 Å². The van der Waals surface area contributed by atoms with Gasteiger partial charge in [-0.2, -0.15) is 0 Å². The van der Waals surface area contributed by atoms with Crippen LogP contribution in [0.3, 0.4) is 0 Å². The summed E-state index contributed by atoms with van der Waals surface area (Å²) in [6, 6.07) is 7.04. The molecule has 0 amide bonds. The Morgan fingerprint density at radius 3 is 2.43 bits per heavy atom. The Morgan fingerprint density at radius 1 is 1.29 bits per heavy atom. The number of hydrogen-bond donors (Lipinski definition) is 1. The summed E-state index contributed by atoms with van der Waals surface area (Å²) < 4.78 is 2.20. The van der Waals surface area contributed by atoms with E-state index in [1.54, 1.807) is 30.5 Å². The van der Waals surface area contributed by atoms with Crippen molar-refractivity contribution in [3.8, 4) is 5.69 Å². The summed E-state index contributed by atoms with van der Waals surface area (Å²) in [6.45, 7) is 0. The van der Waals surface area contributed by atoms with E-state index in [1.165, 1.54) is 4.57 Å². The van der Waals surface area contributed by atoms with Crippen LogP contribution in [0.2, 0.25) is 5.02 Å². The Hall–Kier alpha value is -1.00. The molecule has 2 aromatic rings. The van der Waals surface area contributed by atoms with Gasteiger partial charge in [-0.05, 0) is 40.2 Å². The van der Waals surface area contributed by atoms with Gasteiger partial charge in [0.15, 0.2) is 0 Å². The molecule has 0 saturated carbocycles. The summed E-state index contributed by atoms with van der Waals surface area (Å²) in [4.78, 5) is 13.9. The monoisotopic (exact) mass is 272 g/mol. The zero-order chi connectivity index (χ0) is 10.1. The van der Waals surface area contributed by atoms with Crippen molar-refractivity contribution < 1.29 is 0 Å². The van der Waals surface area contributed by atoms with E-state index >= 15 is 0 Å². The average Bonchev–Trinajstić information content (AvgIpc) is 2.49. The molecule has 0 radical (unpaired) electrons. The number of H-pyrrole nitrogens is 1. The van der Waals surface area contributed by atoms with E-state index < -0.39 is 0 Å². The van der Waals surface area contributed by atoms with Gasteiger partial charge in [0.05, 0.1) is 5.69 Å². The molecule has 0 bridgehead atoms. The second-order valence-electron chi connectivity index (χ2n) is 2.73. The topological polar surface area (TPSA) is 37.8 Å². The van der Waals surface area contributed by atoms with E-state index in [4.69, 9.17) is 11.6 Å². The molecule has 0 fully saturated rings.